The number of amides is 3. The number of Topliss-reactive ketones (excluding diaryl/α,β-unsaturated/α-hetero) is 3. The number of para-hydroxylation sites is 6. The molecule has 6 aromatic carbocycles. The molecule has 474 valence electrons. The Morgan fingerprint density at radius 3 is 1.09 bits per heavy atom. The molecule has 30 heteroatoms. The average Bonchev–Trinajstić information content (AvgIpc) is 1.68. The summed E-state index contributed by atoms with van der Waals surface area (Å²) < 4.78 is 19.3. The molecule has 6 heterocycles. The number of nitrogens with zero attached hydrogens (tertiary/aromatic N) is 12. The van der Waals surface area contributed by atoms with Crippen molar-refractivity contribution in [3.63, 3.8) is 0 Å². The maximum atomic E-state index is 13.1. The number of nitrogens with two attached hydrogens (primary N) is 6. The molecule has 15 N–H and O–H groups in total. The molecule has 2 atom stereocenters. The fraction of sp³-hybridized carbons (Fsp3) is 0.190. The number of carbonyl (C=O) groups excluding carboxylic acids is 6. The van der Waals surface area contributed by atoms with Gasteiger partial charge in [-0.25, -0.2) is 28.8 Å². The van der Waals surface area contributed by atoms with E-state index in [1.54, 1.807) is 93.4 Å². The molecule has 0 bridgehead atoms. The molecule has 12 rings (SSSR count). The van der Waals surface area contributed by atoms with Gasteiger partial charge in [0.2, 0.25) is 17.7 Å². The highest BCUT2D eigenvalue weighted by atomic mass is 16.6. The summed E-state index contributed by atoms with van der Waals surface area (Å²) in [6.07, 6.45) is 2.61. The van der Waals surface area contributed by atoms with Crippen molar-refractivity contribution in [2.45, 2.75) is 58.8 Å². The van der Waals surface area contributed by atoms with Gasteiger partial charge in [-0.1, -0.05) is 49.7 Å². The first-order valence-electron chi connectivity index (χ1n) is 29.1. The van der Waals surface area contributed by atoms with E-state index in [-0.39, 0.29) is 102 Å². The maximum absolute atomic E-state index is 13.1. The number of rotatable bonds is 22. The second-order valence-electron chi connectivity index (χ2n) is 21.2. The molecule has 0 spiro atoms. The van der Waals surface area contributed by atoms with Crippen molar-refractivity contribution in [3.8, 4) is 34.6 Å². The van der Waals surface area contributed by atoms with Crippen molar-refractivity contribution in [1.82, 2.24) is 59.6 Å². The number of aromatic nitrogens is 12. The van der Waals surface area contributed by atoms with E-state index in [2.05, 4.69) is 66.5 Å². The Morgan fingerprint density at radius 1 is 0.441 bits per heavy atom. The van der Waals surface area contributed by atoms with Crippen LogP contribution in [0.3, 0.4) is 0 Å². The zero-order chi connectivity index (χ0) is 65.7. The third kappa shape index (κ3) is 15.0. The number of anilines is 6. The van der Waals surface area contributed by atoms with Gasteiger partial charge in [0.25, 0.3) is 0 Å². The monoisotopic (exact) mass is 1260 g/mol. The van der Waals surface area contributed by atoms with Gasteiger partial charge in [0.1, 0.15) is 0 Å². The molecule has 12 aromatic rings. The molecule has 0 aliphatic rings. The summed E-state index contributed by atoms with van der Waals surface area (Å²) >= 11 is 0. The Balaban J connectivity index is 0.000000153. The summed E-state index contributed by atoms with van der Waals surface area (Å²) in [5.41, 5.74) is 42.3. The lowest BCUT2D eigenvalue weighted by Crippen LogP contribution is -2.32. The van der Waals surface area contributed by atoms with Crippen molar-refractivity contribution in [2.75, 3.05) is 46.2 Å². The van der Waals surface area contributed by atoms with Gasteiger partial charge in [-0.15, -0.1) is 0 Å². The van der Waals surface area contributed by atoms with Gasteiger partial charge < -0.3 is 64.1 Å². The lowest BCUT2D eigenvalue weighted by molar-refractivity contribution is -0.119. The lowest BCUT2D eigenvalue weighted by Gasteiger charge is -2.12. The van der Waals surface area contributed by atoms with Crippen LogP contribution in [0.2, 0.25) is 0 Å². The van der Waals surface area contributed by atoms with Gasteiger partial charge in [0.05, 0.1) is 65.3 Å². The van der Waals surface area contributed by atoms with Gasteiger partial charge in [0.15, 0.2) is 69.4 Å². The first-order valence-corrected chi connectivity index (χ1v) is 29.1. The number of hydrogen-bond acceptors (Lipinski definition) is 24. The number of hydrogen-bond donors (Lipinski definition) is 9. The van der Waals surface area contributed by atoms with Crippen LogP contribution in [0.25, 0.3) is 67.7 Å². The van der Waals surface area contributed by atoms with Crippen molar-refractivity contribution >= 4 is 103 Å². The Labute approximate surface area is 527 Å². The molecule has 30 nitrogen and oxygen atoms in total. The van der Waals surface area contributed by atoms with Crippen LogP contribution in [-0.4, -0.2) is 114 Å². The van der Waals surface area contributed by atoms with Crippen LogP contribution in [0.1, 0.15) is 64.2 Å². The molecule has 3 amide bonds. The highest BCUT2D eigenvalue weighted by Gasteiger charge is 2.25. The molecule has 0 aliphatic carbocycles. The molecule has 0 saturated heterocycles. The number of nitrogens with one attached hydrogen (secondary N) is 3. The SMILES string of the molecule is C[C@@H](CCCCN)C(=O)Nc1ccc(C(=O)Cn2c(-c3nonc3N)nc3ccccc32)cc1.C[C@H](N)C(=O)Nc1ccc(C(=O)Cn2c(-c3nonc3N)nc3ccccc32)cc1.NCC(=O)Nc1ccc(C(=O)Cn2c(-c3nonc3N)nc3ccccc32)cc1. The molecule has 6 aromatic heterocycles. The molecule has 0 aliphatic heterocycles. The molecule has 0 saturated carbocycles. The van der Waals surface area contributed by atoms with Crippen LogP contribution < -0.4 is 50.4 Å². The Hall–Kier alpha value is -12.2. The largest absolute Gasteiger partial charge is 0.379 e. The number of ketones is 3. The number of benzene rings is 6. The summed E-state index contributed by atoms with van der Waals surface area (Å²) in [4.78, 5) is 88.1. The highest BCUT2D eigenvalue weighted by Crippen LogP contribution is 2.31. The standard InChI is InChI=1S/C24H27N7O3.C20H19N7O3.C19H17N7O3/c1-15(6-4-5-13-25)24(33)27-17-11-9-16(10-12-17)20(32)14-31-19-8-3-2-7-18(19)28-23(31)21-22(26)30-34-29-21;1-11(21)20(29)23-13-8-6-12(7-9-13)16(28)10-27-15-5-3-2-4-14(15)24-19(27)17-18(22)26-30-25-17;20-9-16(28)22-12-7-5-11(6-8-12)15(27)10-26-14-4-2-1-3-13(14)23-19(26)17-18(21)25-29-24-17/h2-3,7-12,15H,4-6,13-14,25H2,1H3,(H2,26,30)(H,27,33);2-9,11H,10,21H2,1H3,(H2,22,26)(H,23,29);1-8H,9-10,20H2,(H2,21,25)(H,22,28)/t15-;11-;/m00./s1. The van der Waals surface area contributed by atoms with Crippen molar-refractivity contribution < 1.29 is 42.7 Å². The van der Waals surface area contributed by atoms with Gasteiger partial charge in [0, 0.05) is 39.7 Å². The number of carbonyl (C=O) groups is 6. The Bertz CT molecular complexity index is 4640. The summed E-state index contributed by atoms with van der Waals surface area (Å²) in [5, 5.41) is 30.5. The van der Waals surface area contributed by atoms with E-state index < -0.39 is 6.04 Å². The fourth-order valence-corrected chi connectivity index (χ4v) is 9.68. The van der Waals surface area contributed by atoms with Crippen molar-refractivity contribution in [1.29, 1.82) is 0 Å². The van der Waals surface area contributed by atoms with Crippen molar-refractivity contribution in [2.24, 2.45) is 23.1 Å². The predicted octanol–water partition coefficient (Wildman–Crippen LogP) is 6.54. The summed E-state index contributed by atoms with van der Waals surface area (Å²) in [6.45, 7) is 4.04. The van der Waals surface area contributed by atoms with E-state index in [0.717, 1.165) is 35.8 Å². The molecular weight excluding hydrogens is 1190 g/mol. The van der Waals surface area contributed by atoms with E-state index in [9.17, 15) is 28.8 Å². The summed E-state index contributed by atoms with van der Waals surface area (Å²) in [7, 11) is 0. The van der Waals surface area contributed by atoms with E-state index in [1.165, 1.54) is 0 Å². The zero-order valence-electron chi connectivity index (χ0n) is 50.2. The topological polar surface area (TPSA) is 465 Å². The van der Waals surface area contributed by atoms with E-state index in [0.29, 0.717) is 74.3 Å². The van der Waals surface area contributed by atoms with Gasteiger partial charge in [-0.3, -0.25) is 28.8 Å². The molecule has 0 unspecified atom stereocenters. The first-order chi connectivity index (χ1) is 45.0. The van der Waals surface area contributed by atoms with Gasteiger partial charge in [-0.2, -0.15) is 0 Å². The number of imidazole rings is 3. The van der Waals surface area contributed by atoms with Crippen LogP contribution >= 0.6 is 0 Å². The van der Waals surface area contributed by atoms with E-state index in [4.69, 9.17) is 43.7 Å². The van der Waals surface area contributed by atoms with Gasteiger partial charge >= 0.3 is 0 Å². The Morgan fingerprint density at radius 2 is 0.774 bits per heavy atom. The normalized spacial score (nSPS) is 11.7. The number of unbranched alkanes of at least 4 members (excludes halogenated alkanes) is 1. The minimum absolute atomic E-state index is 0.00763. The molecule has 93 heavy (non-hydrogen) atoms. The molecule has 0 fully saturated rings. The smallest absolute Gasteiger partial charge is 0.240 e. The summed E-state index contributed by atoms with van der Waals surface area (Å²) in [5.74, 6) is 0.259. The van der Waals surface area contributed by atoms with Crippen LogP contribution in [0.15, 0.2) is 159 Å². The average molecular weight is 1260 g/mol. The van der Waals surface area contributed by atoms with Gasteiger partial charge in [-0.05, 0) is 166 Å². The van der Waals surface area contributed by atoms with Crippen LogP contribution in [0.5, 0.6) is 0 Å². The minimum Gasteiger partial charge on any atom is -0.379 e. The first kappa shape index (κ1) is 63.9. The van der Waals surface area contributed by atoms with E-state index >= 15 is 0 Å². The fourth-order valence-electron chi connectivity index (χ4n) is 9.68. The van der Waals surface area contributed by atoms with Crippen LogP contribution in [-0.2, 0) is 34.0 Å². The quantitative estimate of drug-likeness (QED) is 0.0257. The zero-order valence-corrected chi connectivity index (χ0v) is 50.2. The lowest BCUT2D eigenvalue weighted by atomic mass is 10.0. The third-order valence-electron chi connectivity index (χ3n) is 14.6. The minimum atomic E-state index is -0.627. The third-order valence-corrected chi connectivity index (χ3v) is 14.6. The highest BCUT2D eigenvalue weighted by molar-refractivity contribution is 6.01. The summed E-state index contributed by atoms with van der Waals surface area (Å²) in [6, 6.07) is 41.6. The molecular formula is C63H63N21O9. The Kier molecular flexibility index (Phi) is 19.9. The van der Waals surface area contributed by atoms with E-state index in [1.807, 2.05) is 79.7 Å². The number of nitrogen functional groups attached to an aromatic ring is 3. The molecule has 0 radical (unpaired) electrons. The van der Waals surface area contributed by atoms with Crippen LogP contribution in [0, 0.1) is 5.92 Å². The van der Waals surface area contributed by atoms with Crippen molar-refractivity contribution in [3.05, 3.63) is 162 Å². The maximum Gasteiger partial charge on any atom is 0.240 e. The predicted molar refractivity (Wildman–Crippen MR) is 345 cm³/mol. The second kappa shape index (κ2) is 29.0. The number of fused-ring (bicyclic) bond motifs is 3. The van der Waals surface area contributed by atoms with Crippen LogP contribution in [0.4, 0.5) is 34.5 Å². The second-order valence-corrected chi connectivity index (χ2v) is 21.2.